The Morgan fingerprint density at radius 3 is 2.54 bits per heavy atom. The Labute approximate surface area is 162 Å². The van der Waals surface area contributed by atoms with Crippen molar-refractivity contribution in [2.24, 2.45) is 10.7 Å². The van der Waals surface area contributed by atoms with Crippen LogP contribution in [0.15, 0.2) is 47.5 Å². The lowest BCUT2D eigenvalue weighted by Crippen LogP contribution is -2.41. The van der Waals surface area contributed by atoms with Gasteiger partial charge in [-0.15, -0.1) is 0 Å². The summed E-state index contributed by atoms with van der Waals surface area (Å²) >= 11 is 0. The highest BCUT2D eigenvalue weighted by molar-refractivity contribution is 6.08. The minimum atomic E-state index is -2.93. The Kier molecular flexibility index (Phi) is 5.33. The molecule has 28 heavy (non-hydrogen) atoms. The number of carbonyl (C=O) groups excluding carboxylic acids is 1. The molecule has 1 unspecified atom stereocenters. The molecule has 0 radical (unpaired) electrons. The summed E-state index contributed by atoms with van der Waals surface area (Å²) in [5.41, 5.74) is 7.22. The highest BCUT2D eigenvalue weighted by atomic mass is 19.3. The number of nitrogens with one attached hydrogen (secondary N) is 1. The molecule has 148 valence electrons. The van der Waals surface area contributed by atoms with Crippen LogP contribution in [0.3, 0.4) is 0 Å². The van der Waals surface area contributed by atoms with Crippen molar-refractivity contribution < 1.29 is 18.3 Å². The Bertz CT molecular complexity index is 932. The van der Waals surface area contributed by atoms with E-state index in [2.05, 4.69) is 15.0 Å². The second-order valence-electron chi connectivity index (χ2n) is 6.63. The molecule has 2 aromatic rings. The van der Waals surface area contributed by atoms with Crippen LogP contribution in [0.25, 0.3) is 0 Å². The van der Waals surface area contributed by atoms with Gasteiger partial charge in [-0.1, -0.05) is 30.3 Å². The first kappa shape index (κ1) is 19.8. The molecule has 0 saturated heterocycles. The average Bonchev–Trinajstić information content (AvgIpc) is 2.88. The van der Waals surface area contributed by atoms with Gasteiger partial charge in [0.2, 0.25) is 0 Å². The number of carbonyl (C=O) groups is 1. The van der Waals surface area contributed by atoms with Gasteiger partial charge in [-0.3, -0.25) is 9.69 Å². The number of alkyl halides is 2. The molecule has 1 amide bonds. The zero-order chi connectivity index (χ0) is 20.5. The molecule has 0 spiro atoms. The lowest BCUT2D eigenvalue weighted by molar-refractivity contribution is -0.129. The lowest BCUT2D eigenvalue weighted by atomic mass is 9.81. The third-order valence-electron chi connectivity index (χ3n) is 4.77. The minimum absolute atomic E-state index is 0.0496. The Hall–Kier alpha value is -3.00. The smallest absolute Gasteiger partial charge is 0.387 e. The second-order valence-corrected chi connectivity index (χ2v) is 6.63. The number of halogens is 2. The largest absolute Gasteiger partial charge is 0.435 e. The van der Waals surface area contributed by atoms with Crippen molar-refractivity contribution in [2.45, 2.75) is 25.6 Å². The fourth-order valence-corrected chi connectivity index (χ4v) is 3.40. The zero-order valence-electron chi connectivity index (χ0n) is 15.9. The van der Waals surface area contributed by atoms with Crippen LogP contribution in [-0.4, -0.2) is 37.5 Å². The van der Waals surface area contributed by atoms with Crippen LogP contribution >= 0.6 is 0 Å². The Morgan fingerprint density at radius 2 is 1.96 bits per heavy atom. The molecular weight excluding hydrogens is 366 g/mol. The quantitative estimate of drug-likeness (QED) is 0.796. The number of hydrogen-bond acceptors (Lipinski definition) is 5. The van der Waals surface area contributed by atoms with Gasteiger partial charge in [0, 0.05) is 13.6 Å². The lowest BCUT2D eigenvalue weighted by Gasteiger charge is -2.27. The van der Waals surface area contributed by atoms with Crippen LogP contribution < -0.4 is 15.8 Å². The number of hydrogen-bond donors (Lipinski definition) is 2. The molecule has 2 aromatic carbocycles. The van der Waals surface area contributed by atoms with Gasteiger partial charge in [-0.25, -0.2) is 4.99 Å². The van der Waals surface area contributed by atoms with Crippen molar-refractivity contribution >= 4 is 11.9 Å². The van der Waals surface area contributed by atoms with Crippen LogP contribution in [0.1, 0.15) is 22.3 Å². The van der Waals surface area contributed by atoms with Gasteiger partial charge in [-0.2, -0.15) is 8.78 Å². The zero-order valence-corrected chi connectivity index (χ0v) is 15.9. The average molecular weight is 388 g/mol. The van der Waals surface area contributed by atoms with Crippen LogP contribution in [0.5, 0.6) is 5.75 Å². The van der Waals surface area contributed by atoms with Gasteiger partial charge >= 0.3 is 6.61 Å². The SMILES string of the molecule is CNCc1cccc(C2(c3ccc(OC(F)F)c(C)c3)N=C(N)N(C)C2=O)c1. The molecule has 0 aromatic heterocycles. The number of aliphatic imine (C=N–C) groups is 1. The van der Waals surface area contributed by atoms with E-state index in [0.717, 1.165) is 5.56 Å². The van der Waals surface area contributed by atoms with Gasteiger partial charge in [0.25, 0.3) is 5.91 Å². The Morgan fingerprint density at radius 1 is 1.25 bits per heavy atom. The van der Waals surface area contributed by atoms with Gasteiger partial charge in [0.1, 0.15) is 5.75 Å². The molecule has 0 aliphatic carbocycles. The molecule has 1 heterocycles. The maximum Gasteiger partial charge on any atom is 0.387 e. The van der Waals surface area contributed by atoms with Crippen molar-refractivity contribution in [1.82, 2.24) is 10.2 Å². The summed E-state index contributed by atoms with van der Waals surface area (Å²) in [6.45, 7) is -0.666. The fraction of sp³-hybridized carbons (Fsp3) is 0.300. The van der Waals surface area contributed by atoms with Crippen molar-refractivity contribution in [1.29, 1.82) is 0 Å². The normalized spacial score (nSPS) is 19.3. The number of likely N-dealkylation sites (N-methyl/N-ethyl adjacent to an activating group) is 1. The van der Waals surface area contributed by atoms with Crippen molar-refractivity contribution in [3.8, 4) is 5.75 Å². The number of aryl methyl sites for hydroxylation is 1. The number of benzene rings is 2. The van der Waals surface area contributed by atoms with Crippen LogP contribution in [0.4, 0.5) is 8.78 Å². The maximum atomic E-state index is 13.2. The molecule has 1 aliphatic rings. The summed E-state index contributed by atoms with van der Waals surface area (Å²) in [7, 11) is 3.39. The predicted molar refractivity (Wildman–Crippen MR) is 102 cm³/mol. The van der Waals surface area contributed by atoms with Crippen molar-refractivity contribution in [2.75, 3.05) is 14.1 Å². The molecule has 6 nitrogen and oxygen atoms in total. The molecule has 8 heteroatoms. The molecule has 0 fully saturated rings. The Balaban J connectivity index is 2.18. The minimum Gasteiger partial charge on any atom is -0.435 e. The highest BCUT2D eigenvalue weighted by Gasteiger charge is 2.49. The molecule has 1 atom stereocenters. The first-order chi connectivity index (χ1) is 13.3. The van der Waals surface area contributed by atoms with Gasteiger partial charge < -0.3 is 15.8 Å². The van der Waals surface area contributed by atoms with E-state index in [1.165, 1.54) is 11.0 Å². The summed E-state index contributed by atoms with van der Waals surface area (Å²) in [6.07, 6.45) is 0. The standard InChI is InChI=1S/C20H22F2N4O2/c1-12-9-15(7-8-16(12)28-18(21)22)20(17(27)26(3)19(23)25-20)14-6-4-5-13(10-14)11-24-2/h4-10,18,24H,11H2,1-3H3,(H2,23,25). The molecule has 3 N–H and O–H groups in total. The van der Waals surface area contributed by atoms with Crippen molar-refractivity contribution in [3.63, 3.8) is 0 Å². The maximum absolute atomic E-state index is 13.2. The van der Waals surface area contributed by atoms with Crippen LogP contribution in [-0.2, 0) is 16.9 Å². The summed E-state index contributed by atoms with van der Waals surface area (Å²) in [6, 6.07) is 12.1. The monoisotopic (exact) mass is 388 g/mol. The predicted octanol–water partition coefficient (Wildman–Crippen LogP) is 2.35. The van der Waals surface area contributed by atoms with E-state index in [0.29, 0.717) is 23.2 Å². The molecule has 1 aliphatic heterocycles. The van der Waals surface area contributed by atoms with E-state index in [-0.39, 0.29) is 17.6 Å². The molecule has 3 rings (SSSR count). The molecule has 0 bridgehead atoms. The third-order valence-corrected chi connectivity index (χ3v) is 4.77. The number of amides is 1. The summed E-state index contributed by atoms with van der Waals surface area (Å²) in [4.78, 5) is 19.1. The second kappa shape index (κ2) is 7.55. The van der Waals surface area contributed by atoms with Gasteiger partial charge in [0.15, 0.2) is 11.5 Å². The van der Waals surface area contributed by atoms with Crippen LogP contribution in [0, 0.1) is 6.92 Å². The van der Waals surface area contributed by atoms with Crippen LogP contribution in [0.2, 0.25) is 0 Å². The summed E-state index contributed by atoms with van der Waals surface area (Å²) in [5, 5.41) is 3.07. The van der Waals surface area contributed by atoms with Crippen molar-refractivity contribution in [3.05, 3.63) is 64.7 Å². The first-order valence-electron chi connectivity index (χ1n) is 8.73. The fourth-order valence-electron chi connectivity index (χ4n) is 3.40. The topological polar surface area (TPSA) is 80.0 Å². The number of nitrogens with two attached hydrogens (primary N) is 1. The number of guanidine groups is 1. The summed E-state index contributed by atoms with van der Waals surface area (Å²) < 4.78 is 29.7. The van der Waals surface area contributed by atoms with E-state index in [1.807, 2.05) is 31.3 Å². The number of nitrogens with zero attached hydrogens (tertiary/aromatic N) is 2. The van der Waals surface area contributed by atoms with E-state index in [9.17, 15) is 13.6 Å². The number of ether oxygens (including phenoxy) is 1. The third kappa shape index (κ3) is 3.31. The molecular formula is C20H22F2N4O2. The van der Waals surface area contributed by atoms with E-state index in [4.69, 9.17) is 5.73 Å². The van der Waals surface area contributed by atoms with Gasteiger partial charge in [0.05, 0.1) is 0 Å². The van der Waals surface area contributed by atoms with E-state index >= 15 is 0 Å². The van der Waals surface area contributed by atoms with E-state index in [1.54, 1.807) is 26.1 Å². The van der Waals surface area contributed by atoms with Gasteiger partial charge in [-0.05, 0) is 48.4 Å². The molecule has 0 saturated carbocycles. The first-order valence-corrected chi connectivity index (χ1v) is 8.73. The summed E-state index contributed by atoms with van der Waals surface area (Å²) in [5.74, 6) is -0.170. The highest BCUT2D eigenvalue weighted by Crippen LogP contribution is 2.41. The number of rotatable bonds is 6. The van der Waals surface area contributed by atoms with E-state index < -0.39 is 12.2 Å².